The van der Waals surface area contributed by atoms with Crippen LogP contribution in [0.15, 0.2) is 30.6 Å². The van der Waals surface area contributed by atoms with E-state index in [9.17, 15) is 0 Å². The van der Waals surface area contributed by atoms with E-state index in [1.165, 1.54) is 11.3 Å². The molecule has 4 aromatic rings. The van der Waals surface area contributed by atoms with E-state index in [1.807, 2.05) is 6.20 Å². The molecule has 1 fully saturated rings. The highest BCUT2D eigenvalue weighted by atomic mass is 32.1. The predicted molar refractivity (Wildman–Crippen MR) is 129 cm³/mol. The molecule has 8 heteroatoms. The van der Waals surface area contributed by atoms with Crippen molar-refractivity contribution in [1.82, 2.24) is 14.7 Å². The molecule has 1 atom stereocenters. The maximum atomic E-state index is 6.45. The Balaban J connectivity index is 1.75. The molecule has 0 amide bonds. The molecule has 4 heterocycles. The van der Waals surface area contributed by atoms with Crippen LogP contribution in [-0.4, -0.2) is 49.4 Å². The first-order chi connectivity index (χ1) is 15.6. The number of hydrogen-bond donors (Lipinski definition) is 2. The first-order valence-corrected chi connectivity index (χ1v) is 11.6. The maximum absolute atomic E-state index is 6.45. The van der Waals surface area contributed by atoms with Crippen LogP contribution in [0.3, 0.4) is 0 Å². The number of hydrogen-bond acceptors (Lipinski definition) is 7. The predicted octanol–water partition coefficient (Wildman–Crippen LogP) is 3.79. The molecule has 0 aliphatic carbocycles. The molecule has 3 aromatic heterocycles. The number of rotatable bonds is 6. The van der Waals surface area contributed by atoms with Gasteiger partial charge in [-0.3, -0.25) is 0 Å². The Hall–Kier alpha value is -2.65. The minimum absolute atomic E-state index is 0.241. The van der Waals surface area contributed by atoms with Crippen LogP contribution in [0.1, 0.15) is 16.8 Å². The number of ether oxygens (including phenoxy) is 3. The van der Waals surface area contributed by atoms with Crippen molar-refractivity contribution in [2.24, 2.45) is 0 Å². The van der Waals surface area contributed by atoms with E-state index in [1.54, 1.807) is 31.8 Å². The first kappa shape index (κ1) is 21.2. The van der Waals surface area contributed by atoms with Gasteiger partial charge in [-0.2, -0.15) is 0 Å². The highest BCUT2D eigenvalue weighted by Gasteiger charge is 2.26. The first-order valence-electron chi connectivity index (χ1n) is 10.8. The second-order valence-corrected chi connectivity index (χ2v) is 9.24. The number of aromatic nitrogens is 2. The summed E-state index contributed by atoms with van der Waals surface area (Å²) in [7, 11) is 3.45. The molecule has 0 spiro atoms. The van der Waals surface area contributed by atoms with Gasteiger partial charge in [-0.25, -0.2) is 4.98 Å². The molecule has 1 aromatic carbocycles. The van der Waals surface area contributed by atoms with Crippen molar-refractivity contribution in [1.29, 1.82) is 0 Å². The number of fused-ring (bicyclic) bond motifs is 2. The summed E-state index contributed by atoms with van der Waals surface area (Å²) >= 11 is 1.72. The second kappa shape index (κ2) is 8.71. The fourth-order valence-corrected chi connectivity index (χ4v) is 5.86. The zero-order valence-corrected chi connectivity index (χ0v) is 19.4. The Labute approximate surface area is 191 Å². The Morgan fingerprint density at radius 3 is 2.94 bits per heavy atom. The van der Waals surface area contributed by atoms with Crippen LogP contribution < -0.4 is 15.8 Å². The van der Waals surface area contributed by atoms with Gasteiger partial charge in [-0.05, 0) is 30.0 Å². The summed E-state index contributed by atoms with van der Waals surface area (Å²) in [5.41, 5.74) is 11.9. The largest absolute Gasteiger partial charge is 0.495 e. The van der Waals surface area contributed by atoms with Gasteiger partial charge in [-0.1, -0.05) is 6.07 Å². The maximum Gasteiger partial charge on any atom is 0.148 e. The molecular weight excluding hydrogens is 424 g/mol. The monoisotopic (exact) mass is 452 g/mol. The van der Waals surface area contributed by atoms with Crippen LogP contribution >= 0.6 is 11.3 Å². The van der Waals surface area contributed by atoms with E-state index in [0.717, 1.165) is 56.9 Å². The van der Waals surface area contributed by atoms with E-state index in [2.05, 4.69) is 39.8 Å². The molecule has 1 saturated heterocycles. The summed E-state index contributed by atoms with van der Waals surface area (Å²) < 4.78 is 20.4. The number of aryl methyl sites for hydroxylation is 1. The third kappa shape index (κ3) is 3.63. The van der Waals surface area contributed by atoms with Crippen LogP contribution in [0.25, 0.3) is 26.0 Å². The number of nitrogens with one attached hydrogen (secondary N) is 1. The van der Waals surface area contributed by atoms with Gasteiger partial charge in [0.15, 0.2) is 0 Å². The van der Waals surface area contributed by atoms with Crippen LogP contribution in [0, 0.1) is 6.92 Å². The molecule has 168 valence electrons. The Kier molecular flexibility index (Phi) is 5.77. The van der Waals surface area contributed by atoms with E-state index in [0.29, 0.717) is 19.0 Å². The highest BCUT2D eigenvalue weighted by molar-refractivity contribution is 7.22. The molecule has 0 bridgehead atoms. The van der Waals surface area contributed by atoms with Gasteiger partial charge in [0.05, 0.1) is 37.1 Å². The van der Waals surface area contributed by atoms with Gasteiger partial charge in [0.1, 0.15) is 11.6 Å². The molecule has 1 unspecified atom stereocenters. The molecule has 1 aliphatic rings. The quantitative estimate of drug-likeness (QED) is 0.463. The van der Waals surface area contributed by atoms with Gasteiger partial charge in [-0.15, -0.1) is 11.3 Å². The fraction of sp³-hybridized carbons (Fsp3) is 0.375. The number of morpholine rings is 1. The number of nitrogen functional groups attached to an aromatic ring is 1. The third-order valence-corrected chi connectivity index (χ3v) is 7.19. The molecule has 0 saturated carbocycles. The molecule has 32 heavy (non-hydrogen) atoms. The van der Waals surface area contributed by atoms with Crippen molar-refractivity contribution in [2.75, 3.05) is 39.7 Å². The van der Waals surface area contributed by atoms with Gasteiger partial charge in [0, 0.05) is 60.2 Å². The molecule has 5 rings (SSSR count). The van der Waals surface area contributed by atoms with Gasteiger partial charge >= 0.3 is 0 Å². The molecular formula is C24H28N4O3S. The number of benzene rings is 1. The zero-order valence-electron chi connectivity index (χ0n) is 18.6. The van der Waals surface area contributed by atoms with Crippen molar-refractivity contribution in [3.63, 3.8) is 0 Å². The topological polar surface area (TPSA) is 83.0 Å². The lowest BCUT2D eigenvalue weighted by Crippen LogP contribution is -2.42. The number of anilines is 1. The Bertz CT molecular complexity index is 1270. The van der Waals surface area contributed by atoms with Crippen LogP contribution in [-0.2, 0) is 22.5 Å². The lowest BCUT2D eigenvalue weighted by Gasteiger charge is -2.24. The highest BCUT2D eigenvalue weighted by Crippen LogP contribution is 2.44. The van der Waals surface area contributed by atoms with Crippen molar-refractivity contribution >= 4 is 32.8 Å². The smallest absolute Gasteiger partial charge is 0.148 e. The lowest BCUT2D eigenvalue weighted by molar-refractivity contribution is 0.0764. The van der Waals surface area contributed by atoms with E-state index in [-0.39, 0.29) is 6.04 Å². The normalized spacial score (nSPS) is 16.8. The van der Waals surface area contributed by atoms with E-state index in [4.69, 9.17) is 19.9 Å². The summed E-state index contributed by atoms with van der Waals surface area (Å²) in [4.78, 5) is 5.54. The third-order valence-electron chi connectivity index (χ3n) is 6.01. The summed E-state index contributed by atoms with van der Waals surface area (Å²) in [5.74, 6) is 1.41. The second-order valence-electron chi connectivity index (χ2n) is 8.19. The van der Waals surface area contributed by atoms with Crippen molar-refractivity contribution in [3.8, 4) is 16.2 Å². The van der Waals surface area contributed by atoms with Crippen molar-refractivity contribution in [2.45, 2.75) is 26.0 Å². The van der Waals surface area contributed by atoms with Crippen LogP contribution in [0.5, 0.6) is 5.75 Å². The standard InChI is InChI=1S/C24H28N4O3S/c1-14-8-15-10-20(32-23(15)19(9-14)30-3)21-17(13-29-2)18(11-16-12-31-7-5-26-16)28-6-4-27-24(25)22(21)28/h4,6,8-10,16,26H,5,7,11-13H2,1-3H3,(H2,25,27). The van der Waals surface area contributed by atoms with Crippen LogP contribution in [0.2, 0.25) is 0 Å². The summed E-state index contributed by atoms with van der Waals surface area (Å²) in [6, 6.07) is 6.73. The number of thiophene rings is 1. The summed E-state index contributed by atoms with van der Waals surface area (Å²) in [5, 5.41) is 4.73. The molecule has 3 N–H and O–H groups in total. The minimum atomic E-state index is 0.241. The van der Waals surface area contributed by atoms with E-state index >= 15 is 0 Å². The molecule has 7 nitrogen and oxygen atoms in total. The zero-order chi connectivity index (χ0) is 22.2. The SMILES string of the molecule is COCc1c(-c2cc3cc(C)cc(OC)c3s2)c2c(N)nccn2c1CC1COCCN1. The molecule has 0 radical (unpaired) electrons. The lowest BCUT2D eigenvalue weighted by atomic mass is 10.0. The summed E-state index contributed by atoms with van der Waals surface area (Å²) in [6.07, 6.45) is 4.57. The average molecular weight is 453 g/mol. The average Bonchev–Trinajstić information content (AvgIpc) is 3.34. The fourth-order valence-electron chi connectivity index (χ4n) is 4.66. The van der Waals surface area contributed by atoms with E-state index < -0.39 is 0 Å². The number of nitrogens with two attached hydrogens (primary N) is 1. The Morgan fingerprint density at radius 1 is 1.31 bits per heavy atom. The Morgan fingerprint density at radius 2 is 2.19 bits per heavy atom. The van der Waals surface area contributed by atoms with Crippen LogP contribution in [0.4, 0.5) is 5.82 Å². The summed E-state index contributed by atoms with van der Waals surface area (Å²) in [6.45, 7) is 4.88. The van der Waals surface area contributed by atoms with Crippen molar-refractivity contribution in [3.05, 3.63) is 47.4 Å². The minimum Gasteiger partial charge on any atom is -0.495 e. The van der Waals surface area contributed by atoms with Crippen molar-refractivity contribution < 1.29 is 14.2 Å². The van der Waals surface area contributed by atoms with Gasteiger partial charge in [0.25, 0.3) is 0 Å². The number of methoxy groups -OCH3 is 2. The van der Waals surface area contributed by atoms with Gasteiger partial charge in [0.2, 0.25) is 0 Å². The molecule has 1 aliphatic heterocycles. The number of nitrogens with zero attached hydrogens (tertiary/aromatic N) is 2. The van der Waals surface area contributed by atoms with Gasteiger partial charge < -0.3 is 29.7 Å².